The number of hydrogen-bond donors (Lipinski definition) is 1. The minimum Gasteiger partial charge on any atom is -0.352 e. The fourth-order valence-electron chi connectivity index (χ4n) is 2.36. The Hall–Kier alpha value is -1.29. The molecule has 0 spiro atoms. The van der Waals surface area contributed by atoms with Crippen molar-refractivity contribution >= 4 is 5.91 Å². The summed E-state index contributed by atoms with van der Waals surface area (Å²) in [6.45, 7) is 5.86. The van der Waals surface area contributed by atoms with Crippen molar-refractivity contribution in [1.82, 2.24) is 14.8 Å². The lowest BCUT2D eigenvalue weighted by atomic mass is 10.2. The quantitative estimate of drug-likeness (QED) is 0.847. The molecule has 4 heteroatoms. The number of carbonyl (C=O) groups is 1. The highest BCUT2D eigenvalue weighted by molar-refractivity contribution is 5.83. The minimum absolute atomic E-state index is 0.0000813. The average molecular weight is 235 g/mol. The van der Waals surface area contributed by atoms with E-state index < -0.39 is 0 Å². The summed E-state index contributed by atoms with van der Waals surface area (Å²) in [5.41, 5.74) is 3.82. The van der Waals surface area contributed by atoms with Crippen LogP contribution in [0.25, 0.3) is 0 Å². The Bertz CT molecular complexity index is 436. The number of aromatic nitrogens is 1. The van der Waals surface area contributed by atoms with E-state index >= 15 is 0 Å². The maximum atomic E-state index is 11.7. The zero-order chi connectivity index (χ0) is 12.6. The van der Waals surface area contributed by atoms with E-state index in [0.29, 0.717) is 0 Å². The van der Waals surface area contributed by atoms with Crippen LogP contribution in [0.3, 0.4) is 0 Å². The van der Waals surface area contributed by atoms with Crippen LogP contribution in [-0.4, -0.2) is 35.0 Å². The van der Waals surface area contributed by atoms with Gasteiger partial charge >= 0.3 is 0 Å². The minimum atomic E-state index is -0.0000813. The van der Waals surface area contributed by atoms with Crippen molar-refractivity contribution in [2.45, 2.75) is 32.9 Å². The Kier molecular flexibility index (Phi) is 3.24. The van der Waals surface area contributed by atoms with Crippen LogP contribution in [0.15, 0.2) is 6.07 Å². The second-order valence-corrected chi connectivity index (χ2v) is 4.94. The molecule has 1 saturated heterocycles. The highest BCUT2D eigenvalue weighted by atomic mass is 16.2. The van der Waals surface area contributed by atoms with Crippen LogP contribution in [0.4, 0.5) is 0 Å². The van der Waals surface area contributed by atoms with Crippen LogP contribution in [0, 0.1) is 13.8 Å². The SMILES string of the molecule is Cc1cc(CNC2CCN(C)C2=O)c(C)n1C. The van der Waals surface area contributed by atoms with Gasteiger partial charge < -0.3 is 14.8 Å². The number of hydrogen-bond acceptors (Lipinski definition) is 2. The lowest BCUT2D eigenvalue weighted by Crippen LogP contribution is -2.36. The van der Waals surface area contributed by atoms with Gasteiger partial charge in [0.15, 0.2) is 0 Å². The predicted octanol–water partition coefficient (Wildman–Crippen LogP) is 0.962. The van der Waals surface area contributed by atoms with E-state index in [1.807, 2.05) is 7.05 Å². The summed E-state index contributed by atoms with van der Waals surface area (Å²) in [4.78, 5) is 13.5. The highest BCUT2D eigenvalue weighted by Crippen LogP contribution is 2.14. The van der Waals surface area contributed by atoms with Gasteiger partial charge in [0.1, 0.15) is 0 Å². The maximum Gasteiger partial charge on any atom is 0.239 e. The van der Waals surface area contributed by atoms with E-state index in [2.05, 4.69) is 36.8 Å². The van der Waals surface area contributed by atoms with Gasteiger partial charge in [0.05, 0.1) is 6.04 Å². The summed E-state index contributed by atoms with van der Waals surface area (Å²) < 4.78 is 2.18. The molecule has 0 aliphatic carbocycles. The molecule has 1 unspecified atom stereocenters. The van der Waals surface area contributed by atoms with Crippen LogP contribution in [0.1, 0.15) is 23.4 Å². The first-order chi connectivity index (χ1) is 8.00. The summed E-state index contributed by atoms with van der Waals surface area (Å²) in [6, 6.07) is 2.19. The van der Waals surface area contributed by atoms with E-state index in [1.165, 1.54) is 17.0 Å². The molecule has 1 N–H and O–H groups in total. The molecular weight excluding hydrogens is 214 g/mol. The molecule has 0 saturated carbocycles. The molecule has 1 aliphatic heterocycles. The topological polar surface area (TPSA) is 37.3 Å². The molecule has 17 heavy (non-hydrogen) atoms. The number of nitrogens with one attached hydrogen (secondary N) is 1. The van der Waals surface area contributed by atoms with Crippen molar-refractivity contribution in [1.29, 1.82) is 0 Å². The van der Waals surface area contributed by atoms with Gasteiger partial charge in [-0.05, 0) is 31.9 Å². The van der Waals surface area contributed by atoms with E-state index in [-0.39, 0.29) is 11.9 Å². The summed E-state index contributed by atoms with van der Waals surface area (Å²) in [5, 5.41) is 3.35. The normalized spacial score (nSPS) is 20.4. The monoisotopic (exact) mass is 235 g/mol. The first-order valence-corrected chi connectivity index (χ1v) is 6.11. The molecule has 0 aromatic carbocycles. The van der Waals surface area contributed by atoms with Crippen molar-refractivity contribution in [3.05, 3.63) is 23.0 Å². The molecule has 0 radical (unpaired) electrons. The van der Waals surface area contributed by atoms with Gasteiger partial charge in [-0.3, -0.25) is 4.79 Å². The predicted molar refractivity (Wildman–Crippen MR) is 67.8 cm³/mol. The Balaban J connectivity index is 1.99. The largest absolute Gasteiger partial charge is 0.352 e. The maximum absolute atomic E-state index is 11.7. The number of likely N-dealkylation sites (tertiary alicyclic amines) is 1. The molecule has 4 nitrogen and oxygen atoms in total. The third-order valence-corrected chi connectivity index (χ3v) is 3.85. The van der Waals surface area contributed by atoms with Gasteiger partial charge in [-0.2, -0.15) is 0 Å². The van der Waals surface area contributed by atoms with Crippen molar-refractivity contribution in [3.8, 4) is 0 Å². The number of carbonyl (C=O) groups excluding carboxylic acids is 1. The molecule has 0 bridgehead atoms. The summed E-state index contributed by atoms with van der Waals surface area (Å²) >= 11 is 0. The molecule has 1 atom stereocenters. The van der Waals surface area contributed by atoms with Crippen LogP contribution in [0.5, 0.6) is 0 Å². The molecule has 1 aromatic heterocycles. The Labute approximate surface area is 103 Å². The van der Waals surface area contributed by atoms with E-state index in [4.69, 9.17) is 0 Å². The van der Waals surface area contributed by atoms with E-state index in [0.717, 1.165) is 19.5 Å². The number of aryl methyl sites for hydroxylation is 1. The molecule has 1 aliphatic rings. The van der Waals surface area contributed by atoms with Gasteiger partial charge in [0.25, 0.3) is 0 Å². The van der Waals surface area contributed by atoms with Crippen LogP contribution in [-0.2, 0) is 18.4 Å². The molecule has 1 amide bonds. The summed E-state index contributed by atoms with van der Waals surface area (Å²) in [7, 11) is 3.94. The lowest BCUT2D eigenvalue weighted by molar-refractivity contribution is -0.128. The van der Waals surface area contributed by atoms with Gasteiger partial charge in [-0.25, -0.2) is 0 Å². The van der Waals surface area contributed by atoms with Crippen LogP contribution < -0.4 is 5.32 Å². The zero-order valence-electron chi connectivity index (χ0n) is 11.1. The number of likely N-dealkylation sites (N-methyl/N-ethyl adjacent to an activating group) is 1. The second kappa shape index (κ2) is 4.53. The fraction of sp³-hybridized carbons (Fsp3) is 0.615. The highest BCUT2D eigenvalue weighted by Gasteiger charge is 2.28. The third-order valence-electron chi connectivity index (χ3n) is 3.85. The first kappa shape index (κ1) is 12.2. The fourth-order valence-corrected chi connectivity index (χ4v) is 2.36. The van der Waals surface area contributed by atoms with Crippen molar-refractivity contribution in [2.75, 3.05) is 13.6 Å². The zero-order valence-corrected chi connectivity index (χ0v) is 11.1. The molecular formula is C13H21N3O. The van der Waals surface area contributed by atoms with Crippen LogP contribution >= 0.6 is 0 Å². The smallest absolute Gasteiger partial charge is 0.239 e. The lowest BCUT2D eigenvalue weighted by Gasteiger charge is -2.12. The van der Waals surface area contributed by atoms with Gasteiger partial charge in [0.2, 0.25) is 5.91 Å². The average Bonchev–Trinajstić information content (AvgIpc) is 2.74. The van der Waals surface area contributed by atoms with Gasteiger partial charge in [-0.1, -0.05) is 0 Å². The Morgan fingerprint density at radius 2 is 2.12 bits per heavy atom. The Morgan fingerprint density at radius 1 is 1.41 bits per heavy atom. The first-order valence-electron chi connectivity index (χ1n) is 6.11. The van der Waals surface area contributed by atoms with E-state index in [1.54, 1.807) is 4.90 Å². The Morgan fingerprint density at radius 3 is 2.59 bits per heavy atom. The molecule has 2 rings (SSSR count). The van der Waals surface area contributed by atoms with Gasteiger partial charge in [0, 0.05) is 38.6 Å². The summed E-state index contributed by atoms with van der Waals surface area (Å²) in [5.74, 6) is 0.218. The second-order valence-electron chi connectivity index (χ2n) is 4.94. The number of amides is 1. The standard InChI is InChI=1S/C13H21N3O/c1-9-7-11(10(2)16(9)4)8-14-12-5-6-15(3)13(12)17/h7,12,14H,5-6,8H2,1-4H3. The number of rotatable bonds is 3. The van der Waals surface area contributed by atoms with Crippen molar-refractivity contribution in [3.63, 3.8) is 0 Å². The van der Waals surface area contributed by atoms with E-state index in [9.17, 15) is 4.79 Å². The third kappa shape index (κ3) is 2.22. The molecule has 2 heterocycles. The summed E-state index contributed by atoms with van der Waals surface area (Å²) in [6.07, 6.45) is 0.917. The van der Waals surface area contributed by atoms with Gasteiger partial charge in [-0.15, -0.1) is 0 Å². The molecule has 1 fully saturated rings. The van der Waals surface area contributed by atoms with Crippen molar-refractivity contribution < 1.29 is 4.79 Å². The number of nitrogens with zero attached hydrogens (tertiary/aromatic N) is 2. The van der Waals surface area contributed by atoms with Crippen molar-refractivity contribution in [2.24, 2.45) is 7.05 Å². The molecule has 94 valence electrons. The molecule has 1 aromatic rings. The van der Waals surface area contributed by atoms with Crippen LogP contribution in [0.2, 0.25) is 0 Å².